The quantitative estimate of drug-likeness (QED) is 0.376. The largest absolute Gasteiger partial charge is 0.349 e. The lowest BCUT2D eigenvalue weighted by Gasteiger charge is -2.26. The van der Waals surface area contributed by atoms with Gasteiger partial charge in [-0.15, -0.1) is 0 Å². The maximum atomic E-state index is 12.9. The van der Waals surface area contributed by atoms with Crippen molar-refractivity contribution in [3.05, 3.63) is 88.3 Å². The highest BCUT2D eigenvalue weighted by atomic mass is 16.2. The summed E-state index contributed by atoms with van der Waals surface area (Å²) in [5, 5.41) is 9.44. The Morgan fingerprint density at radius 1 is 1.05 bits per heavy atom. The number of anilines is 2. The number of amides is 1. The molecule has 2 heterocycles. The van der Waals surface area contributed by atoms with Crippen LogP contribution < -0.4 is 10.5 Å². The van der Waals surface area contributed by atoms with Crippen LogP contribution in [-0.4, -0.2) is 41.0 Å². The maximum absolute atomic E-state index is 12.9. The van der Waals surface area contributed by atoms with E-state index in [2.05, 4.69) is 46.3 Å². The van der Waals surface area contributed by atoms with E-state index in [4.69, 9.17) is 0 Å². The van der Waals surface area contributed by atoms with Gasteiger partial charge in [0.25, 0.3) is 5.56 Å². The molecule has 0 N–H and O–H groups in total. The fraction of sp³-hybridized carbons (Fsp3) is 0.267. The Kier molecular flexibility index (Phi) is 6.49. The highest BCUT2D eigenvalue weighted by Gasteiger charge is 2.27. The predicted octanol–water partition coefficient (Wildman–Crippen LogP) is 4.65. The van der Waals surface area contributed by atoms with Gasteiger partial charge in [0, 0.05) is 39.4 Å². The van der Waals surface area contributed by atoms with Crippen molar-refractivity contribution in [2.75, 3.05) is 25.5 Å². The molecule has 1 aliphatic rings. The summed E-state index contributed by atoms with van der Waals surface area (Å²) in [6, 6.07) is 23.5. The van der Waals surface area contributed by atoms with E-state index in [0.29, 0.717) is 29.1 Å². The number of benzene rings is 2. The zero-order valence-corrected chi connectivity index (χ0v) is 21.3. The van der Waals surface area contributed by atoms with Gasteiger partial charge in [-0.25, -0.2) is 4.98 Å². The zero-order chi connectivity index (χ0) is 26.1. The molecule has 2 aromatic heterocycles. The van der Waals surface area contributed by atoms with Crippen LogP contribution >= 0.6 is 0 Å². The molecule has 0 atom stereocenters. The molecule has 2 aromatic carbocycles. The van der Waals surface area contributed by atoms with Gasteiger partial charge in [0.1, 0.15) is 17.3 Å². The number of carbonyl (C=O) groups excluding carboxylic acids is 1. The first-order valence-electron chi connectivity index (χ1n) is 12.4. The summed E-state index contributed by atoms with van der Waals surface area (Å²) in [5.41, 5.74) is 6.30. The molecule has 7 heteroatoms. The van der Waals surface area contributed by atoms with E-state index >= 15 is 0 Å². The maximum Gasteiger partial charge on any atom is 0.252 e. The van der Waals surface area contributed by atoms with Crippen molar-refractivity contribution < 1.29 is 4.79 Å². The first kappa shape index (κ1) is 24.3. The molecule has 1 saturated carbocycles. The van der Waals surface area contributed by atoms with E-state index in [-0.39, 0.29) is 11.5 Å². The summed E-state index contributed by atoms with van der Waals surface area (Å²) in [7, 11) is 5.25. The Balaban J connectivity index is 1.53. The molecule has 0 bridgehead atoms. The van der Waals surface area contributed by atoms with E-state index < -0.39 is 0 Å². The molecule has 0 radical (unpaired) electrons. The van der Waals surface area contributed by atoms with Crippen LogP contribution in [0.15, 0.2) is 71.5 Å². The Bertz CT molecular complexity index is 1580. The number of nitriles is 1. The number of pyridine rings is 2. The van der Waals surface area contributed by atoms with E-state index in [1.807, 2.05) is 18.2 Å². The molecule has 7 nitrogen and oxygen atoms in total. The normalized spacial score (nSPS) is 12.8. The number of rotatable bonds is 7. The molecular weight excluding hydrogens is 462 g/mol. The van der Waals surface area contributed by atoms with Crippen LogP contribution in [0.25, 0.3) is 22.2 Å². The van der Waals surface area contributed by atoms with Crippen molar-refractivity contribution in [2.24, 2.45) is 13.0 Å². The van der Waals surface area contributed by atoms with E-state index in [0.717, 1.165) is 47.5 Å². The fourth-order valence-electron chi connectivity index (χ4n) is 4.51. The second-order valence-corrected chi connectivity index (χ2v) is 9.87. The molecule has 0 aliphatic heterocycles. The van der Waals surface area contributed by atoms with E-state index in [9.17, 15) is 14.9 Å². The summed E-state index contributed by atoms with van der Waals surface area (Å²) in [5.74, 6) is 0.626. The Morgan fingerprint density at radius 2 is 1.81 bits per heavy atom. The van der Waals surface area contributed by atoms with Crippen LogP contribution in [0.4, 0.5) is 11.4 Å². The number of carbonyl (C=O) groups is 1. The van der Waals surface area contributed by atoms with Crippen LogP contribution in [0, 0.1) is 17.2 Å². The number of fused-ring (bicyclic) bond motifs is 1. The number of hydrogen-bond donors (Lipinski definition) is 0. The predicted molar refractivity (Wildman–Crippen MR) is 146 cm³/mol. The van der Waals surface area contributed by atoms with Crippen LogP contribution in [0.1, 0.15) is 24.1 Å². The first-order valence-corrected chi connectivity index (χ1v) is 12.4. The molecule has 1 aliphatic carbocycles. The van der Waals surface area contributed by atoms with E-state index in [1.165, 1.54) is 0 Å². The molecule has 37 heavy (non-hydrogen) atoms. The fourth-order valence-corrected chi connectivity index (χ4v) is 4.51. The molecule has 0 unspecified atom stereocenters. The van der Waals surface area contributed by atoms with Crippen LogP contribution in [0.2, 0.25) is 0 Å². The summed E-state index contributed by atoms with van der Waals surface area (Å²) in [6.07, 6.45) is 2.68. The SMILES string of the molecule is CN(C)C(=O)Cc1cccc(-c2ccc(N(CC3CC3)c3cc(=O)n(C)c4ccc(C#N)nc34)cc2)c1. The van der Waals surface area contributed by atoms with Gasteiger partial charge >= 0.3 is 0 Å². The number of aromatic nitrogens is 2. The standard InChI is InChI=1S/C30H29N5O2/c1-33(2)28(36)16-21-5-4-6-23(15-21)22-9-12-25(13-10-22)35(19-20-7-8-20)27-17-29(37)34(3)26-14-11-24(18-31)32-30(26)27/h4-6,9-15,17,20H,7-8,16,19H2,1-3H3. The van der Waals surface area contributed by atoms with Gasteiger partial charge in [-0.3, -0.25) is 9.59 Å². The molecule has 0 spiro atoms. The third kappa shape index (κ3) is 5.10. The highest BCUT2D eigenvalue weighted by Crippen LogP contribution is 2.37. The van der Waals surface area contributed by atoms with Crippen LogP contribution in [-0.2, 0) is 18.3 Å². The van der Waals surface area contributed by atoms with Crippen LogP contribution in [0.5, 0.6) is 0 Å². The molecule has 5 rings (SSSR count). The molecule has 4 aromatic rings. The minimum atomic E-state index is -0.115. The van der Waals surface area contributed by atoms with Gasteiger partial charge in [-0.2, -0.15) is 5.26 Å². The number of nitrogens with zero attached hydrogens (tertiary/aromatic N) is 5. The second kappa shape index (κ2) is 9.90. The van der Waals surface area contributed by atoms with Gasteiger partial charge < -0.3 is 14.4 Å². The minimum absolute atomic E-state index is 0.0672. The van der Waals surface area contributed by atoms with Gasteiger partial charge in [0.15, 0.2) is 0 Å². The van der Waals surface area contributed by atoms with Crippen molar-refractivity contribution in [1.29, 1.82) is 5.26 Å². The second-order valence-electron chi connectivity index (χ2n) is 9.87. The van der Waals surface area contributed by atoms with Crippen molar-refractivity contribution in [3.63, 3.8) is 0 Å². The van der Waals surface area contributed by atoms with Crippen molar-refractivity contribution >= 4 is 28.3 Å². The van der Waals surface area contributed by atoms with Gasteiger partial charge in [0.2, 0.25) is 5.91 Å². The summed E-state index contributed by atoms with van der Waals surface area (Å²) < 4.78 is 1.57. The number of aryl methyl sites for hydroxylation is 1. The molecule has 186 valence electrons. The third-order valence-electron chi connectivity index (χ3n) is 6.91. The van der Waals surface area contributed by atoms with Crippen LogP contribution in [0.3, 0.4) is 0 Å². The first-order chi connectivity index (χ1) is 17.8. The lowest BCUT2D eigenvalue weighted by atomic mass is 10.0. The summed E-state index contributed by atoms with van der Waals surface area (Å²) in [6.45, 7) is 0.780. The number of hydrogen-bond acceptors (Lipinski definition) is 5. The summed E-state index contributed by atoms with van der Waals surface area (Å²) >= 11 is 0. The Morgan fingerprint density at radius 3 is 2.49 bits per heavy atom. The molecule has 1 amide bonds. The minimum Gasteiger partial charge on any atom is -0.349 e. The summed E-state index contributed by atoms with van der Waals surface area (Å²) in [4.78, 5) is 33.4. The average Bonchev–Trinajstić information content (AvgIpc) is 3.74. The van der Waals surface area contributed by atoms with Gasteiger partial charge in [0.05, 0.1) is 17.6 Å². The van der Waals surface area contributed by atoms with Gasteiger partial charge in [-0.1, -0.05) is 36.4 Å². The van der Waals surface area contributed by atoms with Crippen molar-refractivity contribution in [1.82, 2.24) is 14.5 Å². The Labute approximate surface area is 216 Å². The third-order valence-corrected chi connectivity index (χ3v) is 6.91. The lowest BCUT2D eigenvalue weighted by molar-refractivity contribution is -0.127. The molecular formula is C30H29N5O2. The highest BCUT2D eigenvalue weighted by molar-refractivity contribution is 5.91. The molecule has 1 fully saturated rings. The van der Waals surface area contributed by atoms with Crippen molar-refractivity contribution in [2.45, 2.75) is 19.3 Å². The zero-order valence-electron chi connectivity index (χ0n) is 21.3. The van der Waals surface area contributed by atoms with Gasteiger partial charge in [-0.05, 0) is 59.7 Å². The smallest absolute Gasteiger partial charge is 0.252 e. The topological polar surface area (TPSA) is 82.2 Å². The lowest BCUT2D eigenvalue weighted by Crippen LogP contribution is -2.25. The average molecular weight is 492 g/mol. The van der Waals surface area contributed by atoms with Crippen molar-refractivity contribution in [3.8, 4) is 17.2 Å². The van der Waals surface area contributed by atoms with E-state index in [1.54, 1.807) is 48.8 Å². The molecule has 0 saturated heterocycles. The monoisotopic (exact) mass is 491 g/mol. The number of likely N-dealkylation sites (N-methyl/N-ethyl adjacent to an activating group) is 1. The Hall–Kier alpha value is -4.44.